The highest BCUT2D eigenvalue weighted by Gasteiger charge is 2.15. The number of hydrogen-bond acceptors (Lipinski definition) is 4. The highest BCUT2D eigenvalue weighted by atomic mass is 16.5. The lowest BCUT2D eigenvalue weighted by atomic mass is 10.0. The van der Waals surface area contributed by atoms with Gasteiger partial charge < -0.3 is 19.3 Å². The van der Waals surface area contributed by atoms with Crippen LogP contribution in [0.25, 0.3) is 11.1 Å². The minimum absolute atomic E-state index is 0.253. The third-order valence-electron chi connectivity index (χ3n) is 4.52. The second kappa shape index (κ2) is 8.05. The van der Waals surface area contributed by atoms with Gasteiger partial charge in [0.25, 0.3) is 0 Å². The van der Waals surface area contributed by atoms with E-state index in [4.69, 9.17) is 19.3 Å². The number of para-hydroxylation sites is 1. The maximum atomic E-state index is 11.1. The van der Waals surface area contributed by atoms with Crippen molar-refractivity contribution < 1.29 is 24.1 Å². The number of benzene rings is 3. The van der Waals surface area contributed by atoms with Gasteiger partial charge in [-0.2, -0.15) is 0 Å². The topological polar surface area (TPSA) is 65.0 Å². The molecule has 3 aromatic rings. The summed E-state index contributed by atoms with van der Waals surface area (Å²) in [6.45, 7) is 1.60. The number of carbonyl (C=O) groups is 1. The number of carboxylic acid groups (broad SMARTS) is 1. The molecule has 142 valence electrons. The minimum Gasteiger partial charge on any atom is -0.490 e. The van der Waals surface area contributed by atoms with Crippen molar-refractivity contribution in [3.05, 3.63) is 77.9 Å². The summed E-state index contributed by atoms with van der Waals surface area (Å²) >= 11 is 0. The predicted molar refractivity (Wildman–Crippen MR) is 105 cm³/mol. The molecule has 0 atom stereocenters. The molecular formula is C23H20O5. The Hall–Kier alpha value is -3.47. The summed E-state index contributed by atoms with van der Waals surface area (Å²) in [5.74, 6) is 1.32. The van der Waals surface area contributed by atoms with Crippen molar-refractivity contribution in [2.45, 2.75) is 13.0 Å². The SMILES string of the molecule is O=C(O)c1cccc(COc2ccc(-c3cccc4c3OCCCO4)cc2)c1. The molecule has 5 nitrogen and oxygen atoms in total. The standard InChI is InChI=1S/C23H20O5/c24-23(25)18-5-1-4-16(14-18)15-28-19-10-8-17(9-11-19)20-6-2-7-21-22(20)27-13-3-12-26-21/h1-2,4-11,14H,3,12-13,15H2,(H,24,25). The van der Waals surface area contributed by atoms with Gasteiger partial charge in [-0.15, -0.1) is 0 Å². The molecule has 0 spiro atoms. The Balaban J connectivity index is 1.49. The van der Waals surface area contributed by atoms with Crippen LogP contribution >= 0.6 is 0 Å². The number of aromatic carboxylic acids is 1. The summed E-state index contributed by atoms with van der Waals surface area (Å²) in [7, 11) is 0. The smallest absolute Gasteiger partial charge is 0.335 e. The number of rotatable bonds is 5. The minimum atomic E-state index is -0.945. The first-order valence-corrected chi connectivity index (χ1v) is 9.15. The summed E-state index contributed by atoms with van der Waals surface area (Å²) in [4.78, 5) is 11.1. The van der Waals surface area contributed by atoms with Crippen LogP contribution in [0.2, 0.25) is 0 Å². The van der Waals surface area contributed by atoms with Crippen molar-refractivity contribution in [2.75, 3.05) is 13.2 Å². The summed E-state index contributed by atoms with van der Waals surface area (Å²) in [6, 6.07) is 20.4. The molecule has 1 heterocycles. The summed E-state index contributed by atoms with van der Waals surface area (Å²) in [6.07, 6.45) is 0.865. The van der Waals surface area contributed by atoms with Gasteiger partial charge in [0.2, 0.25) is 0 Å². The average Bonchev–Trinajstić information content (AvgIpc) is 2.98. The molecule has 1 aliphatic heterocycles. The maximum Gasteiger partial charge on any atom is 0.335 e. The van der Waals surface area contributed by atoms with Gasteiger partial charge in [-0.25, -0.2) is 4.79 Å². The van der Waals surface area contributed by atoms with Crippen molar-refractivity contribution in [2.24, 2.45) is 0 Å². The quantitative estimate of drug-likeness (QED) is 0.693. The van der Waals surface area contributed by atoms with Crippen molar-refractivity contribution in [3.63, 3.8) is 0 Å². The van der Waals surface area contributed by atoms with E-state index in [1.165, 1.54) is 0 Å². The zero-order chi connectivity index (χ0) is 19.3. The molecule has 0 aromatic heterocycles. The molecule has 0 saturated heterocycles. The lowest BCUT2D eigenvalue weighted by Gasteiger charge is -2.13. The van der Waals surface area contributed by atoms with Crippen LogP contribution in [-0.4, -0.2) is 24.3 Å². The van der Waals surface area contributed by atoms with Gasteiger partial charge in [-0.3, -0.25) is 0 Å². The fraction of sp³-hybridized carbons (Fsp3) is 0.174. The number of carboxylic acids is 1. The molecule has 0 radical (unpaired) electrons. The normalized spacial score (nSPS) is 12.9. The molecule has 0 fully saturated rings. The van der Waals surface area contributed by atoms with Gasteiger partial charge in [-0.1, -0.05) is 36.4 Å². The van der Waals surface area contributed by atoms with Crippen LogP contribution in [-0.2, 0) is 6.61 Å². The first kappa shape index (κ1) is 17.9. The van der Waals surface area contributed by atoms with E-state index >= 15 is 0 Å². The molecular weight excluding hydrogens is 356 g/mol. The molecule has 28 heavy (non-hydrogen) atoms. The maximum absolute atomic E-state index is 11.1. The Morgan fingerprint density at radius 2 is 1.75 bits per heavy atom. The van der Waals surface area contributed by atoms with E-state index in [0.29, 0.717) is 25.6 Å². The average molecular weight is 376 g/mol. The molecule has 0 aliphatic carbocycles. The Labute approximate surface area is 163 Å². The monoisotopic (exact) mass is 376 g/mol. The van der Waals surface area contributed by atoms with Gasteiger partial charge in [-0.05, 0) is 41.5 Å². The molecule has 3 aromatic carbocycles. The number of fused-ring (bicyclic) bond motifs is 1. The van der Waals surface area contributed by atoms with Gasteiger partial charge in [0.15, 0.2) is 11.5 Å². The summed E-state index contributed by atoms with van der Waals surface area (Å²) < 4.78 is 17.5. The van der Waals surface area contributed by atoms with Gasteiger partial charge in [0, 0.05) is 12.0 Å². The first-order chi connectivity index (χ1) is 13.7. The van der Waals surface area contributed by atoms with Gasteiger partial charge in [0.05, 0.1) is 18.8 Å². The van der Waals surface area contributed by atoms with Crippen LogP contribution < -0.4 is 14.2 Å². The fourth-order valence-corrected chi connectivity index (χ4v) is 3.11. The number of hydrogen-bond donors (Lipinski definition) is 1. The third kappa shape index (κ3) is 3.93. The highest BCUT2D eigenvalue weighted by Crippen LogP contribution is 2.39. The molecule has 1 aliphatic rings. The Bertz CT molecular complexity index is 979. The zero-order valence-corrected chi connectivity index (χ0v) is 15.3. The molecule has 4 rings (SSSR count). The van der Waals surface area contributed by atoms with E-state index in [1.807, 2.05) is 48.5 Å². The summed E-state index contributed by atoms with van der Waals surface area (Å²) in [5.41, 5.74) is 3.06. The molecule has 0 unspecified atom stereocenters. The van der Waals surface area contributed by atoms with Crippen LogP contribution in [0.15, 0.2) is 66.7 Å². The first-order valence-electron chi connectivity index (χ1n) is 9.15. The molecule has 1 N–H and O–H groups in total. The Morgan fingerprint density at radius 1 is 0.964 bits per heavy atom. The predicted octanol–water partition coefficient (Wildman–Crippen LogP) is 4.79. The van der Waals surface area contributed by atoms with E-state index in [1.54, 1.807) is 18.2 Å². The van der Waals surface area contributed by atoms with Crippen LogP contribution in [0.3, 0.4) is 0 Å². The van der Waals surface area contributed by atoms with Crippen molar-refractivity contribution in [3.8, 4) is 28.4 Å². The van der Waals surface area contributed by atoms with Crippen LogP contribution in [0.1, 0.15) is 22.3 Å². The van der Waals surface area contributed by atoms with E-state index in [2.05, 4.69) is 0 Å². The lowest BCUT2D eigenvalue weighted by molar-refractivity contribution is 0.0696. The van der Waals surface area contributed by atoms with Crippen LogP contribution in [0.5, 0.6) is 17.2 Å². The molecule has 0 saturated carbocycles. The van der Waals surface area contributed by atoms with Crippen molar-refractivity contribution in [1.29, 1.82) is 0 Å². The largest absolute Gasteiger partial charge is 0.490 e. The van der Waals surface area contributed by atoms with E-state index < -0.39 is 5.97 Å². The second-order valence-electron chi connectivity index (χ2n) is 6.50. The molecule has 0 bridgehead atoms. The van der Waals surface area contributed by atoms with Gasteiger partial charge >= 0.3 is 5.97 Å². The molecule has 5 heteroatoms. The number of ether oxygens (including phenoxy) is 3. The zero-order valence-electron chi connectivity index (χ0n) is 15.3. The Morgan fingerprint density at radius 3 is 2.57 bits per heavy atom. The Kier molecular flexibility index (Phi) is 5.15. The van der Waals surface area contributed by atoms with Crippen molar-refractivity contribution >= 4 is 5.97 Å². The molecule has 0 amide bonds. The van der Waals surface area contributed by atoms with E-state index in [9.17, 15) is 4.79 Å². The fourth-order valence-electron chi connectivity index (χ4n) is 3.11. The second-order valence-corrected chi connectivity index (χ2v) is 6.50. The van der Waals surface area contributed by atoms with Crippen LogP contribution in [0, 0.1) is 0 Å². The summed E-state index contributed by atoms with van der Waals surface area (Å²) in [5, 5.41) is 9.08. The van der Waals surface area contributed by atoms with E-state index in [-0.39, 0.29) is 5.56 Å². The van der Waals surface area contributed by atoms with E-state index in [0.717, 1.165) is 34.6 Å². The van der Waals surface area contributed by atoms with Gasteiger partial charge in [0.1, 0.15) is 12.4 Å². The lowest BCUT2D eigenvalue weighted by Crippen LogP contribution is -2.00. The van der Waals surface area contributed by atoms with Crippen molar-refractivity contribution in [1.82, 2.24) is 0 Å². The third-order valence-corrected chi connectivity index (χ3v) is 4.52. The highest BCUT2D eigenvalue weighted by molar-refractivity contribution is 5.87. The van der Waals surface area contributed by atoms with Crippen LogP contribution in [0.4, 0.5) is 0 Å².